The Morgan fingerprint density at radius 2 is 2.10 bits per heavy atom. The zero-order valence-corrected chi connectivity index (χ0v) is 12.1. The molecule has 0 N–H and O–H groups in total. The van der Waals surface area contributed by atoms with Gasteiger partial charge >= 0.3 is 0 Å². The van der Waals surface area contributed by atoms with Crippen molar-refractivity contribution in [3.05, 3.63) is 18.1 Å². The molecule has 1 aliphatic rings. The zero-order valence-electron chi connectivity index (χ0n) is 12.1. The molecule has 0 atom stereocenters. The summed E-state index contributed by atoms with van der Waals surface area (Å²) in [7, 11) is 0. The van der Waals surface area contributed by atoms with Crippen LogP contribution in [0, 0.1) is 0 Å². The standard InChI is InChI=1S/C14H21N5O/c1-3-11-9-13(19-14(17-11)15-10-16-19)18-7-5-12(6-8-18)20-4-2/h9-10,12H,3-8H2,1-2H3. The van der Waals surface area contributed by atoms with E-state index in [1.54, 1.807) is 6.33 Å². The van der Waals surface area contributed by atoms with Crippen LogP contribution in [0.15, 0.2) is 12.4 Å². The number of aryl methyl sites for hydroxylation is 1. The lowest BCUT2D eigenvalue weighted by atomic mass is 10.1. The molecule has 3 rings (SSSR count). The first-order valence-electron chi connectivity index (χ1n) is 7.38. The van der Waals surface area contributed by atoms with Gasteiger partial charge in [0.15, 0.2) is 0 Å². The van der Waals surface area contributed by atoms with Crippen molar-refractivity contribution in [1.29, 1.82) is 0 Å². The Labute approximate surface area is 118 Å². The van der Waals surface area contributed by atoms with Gasteiger partial charge in [-0.3, -0.25) is 0 Å². The molecule has 0 radical (unpaired) electrons. The second-order valence-electron chi connectivity index (χ2n) is 5.07. The molecule has 1 aliphatic heterocycles. The van der Waals surface area contributed by atoms with Crippen LogP contribution in [0.25, 0.3) is 5.78 Å². The lowest BCUT2D eigenvalue weighted by molar-refractivity contribution is 0.0458. The van der Waals surface area contributed by atoms with Gasteiger partial charge in [-0.25, -0.2) is 4.98 Å². The fourth-order valence-electron chi connectivity index (χ4n) is 2.74. The molecule has 0 aliphatic carbocycles. The molecule has 0 unspecified atom stereocenters. The van der Waals surface area contributed by atoms with Crippen LogP contribution in [0.5, 0.6) is 0 Å². The largest absolute Gasteiger partial charge is 0.378 e. The molecule has 2 aromatic rings. The van der Waals surface area contributed by atoms with Crippen molar-refractivity contribution >= 4 is 11.6 Å². The van der Waals surface area contributed by atoms with Crippen LogP contribution in [0.4, 0.5) is 5.82 Å². The molecule has 1 saturated heterocycles. The van der Waals surface area contributed by atoms with Gasteiger partial charge in [0, 0.05) is 31.5 Å². The fourth-order valence-corrected chi connectivity index (χ4v) is 2.74. The molecule has 3 heterocycles. The third kappa shape index (κ3) is 2.47. The van der Waals surface area contributed by atoms with Gasteiger partial charge in [-0.05, 0) is 26.2 Å². The van der Waals surface area contributed by atoms with Crippen molar-refractivity contribution in [2.45, 2.75) is 39.2 Å². The number of anilines is 1. The molecule has 0 spiro atoms. The van der Waals surface area contributed by atoms with E-state index in [9.17, 15) is 0 Å². The van der Waals surface area contributed by atoms with Gasteiger partial charge in [0.05, 0.1) is 6.10 Å². The minimum Gasteiger partial charge on any atom is -0.378 e. The minimum atomic E-state index is 0.398. The normalized spacial score (nSPS) is 17.0. The van der Waals surface area contributed by atoms with Gasteiger partial charge in [-0.2, -0.15) is 14.6 Å². The number of aromatic nitrogens is 4. The van der Waals surface area contributed by atoms with E-state index in [2.05, 4.69) is 39.9 Å². The Bertz CT molecular complexity index is 574. The van der Waals surface area contributed by atoms with E-state index in [4.69, 9.17) is 4.74 Å². The lowest BCUT2D eigenvalue weighted by Crippen LogP contribution is -2.38. The fraction of sp³-hybridized carbons (Fsp3) is 0.643. The molecular formula is C14H21N5O. The first kappa shape index (κ1) is 13.3. The first-order valence-corrected chi connectivity index (χ1v) is 7.38. The number of ether oxygens (including phenoxy) is 1. The Morgan fingerprint density at radius 1 is 1.30 bits per heavy atom. The second-order valence-corrected chi connectivity index (χ2v) is 5.07. The van der Waals surface area contributed by atoms with Crippen molar-refractivity contribution in [2.24, 2.45) is 0 Å². The Balaban J connectivity index is 1.85. The average molecular weight is 275 g/mol. The molecule has 0 saturated carbocycles. The molecule has 1 fully saturated rings. The average Bonchev–Trinajstić information content (AvgIpc) is 2.95. The summed E-state index contributed by atoms with van der Waals surface area (Å²) in [5, 5.41) is 4.29. The van der Waals surface area contributed by atoms with Gasteiger partial charge in [-0.1, -0.05) is 6.92 Å². The van der Waals surface area contributed by atoms with Crippen molar-refractivity contribution < 1.29 is 4.74 Å². The Morgan fingerprint density at radius 3 is 2.80 bits per heavy atom. The highest BCUT2D eigenvalue weighted by Gasteiger charge is 2.22. The second kappa shape index (κ2) is 5.75. The van der Waals surface area contributed by atoms with Crippen molar-refractivity contribution in [2.75, 3.05) is 24.6 Å². The van der Waals surface area contributed by atoms with Crippen LogP contribution in [-0.2, 0) is 11.2 Å². The summed E-state index contributed by atoms with van der Waals surface area (Å²) in [6, 6.07) is 2.13. The van der Waals surface area contributed by atoms with Crippen LogP contribution in [-0.4, -0.2) is 45.4 Å². The number of rotatable bonds is 4. The molecule has 0 bridgehead atoms. The van der Waals surface area contributed by atoms with E-state index in [-0.39, 0.29) is 0 Å². The van der Waals surface area contributed by atoms with E-state index in [0.29, 0.717) is 11.9 Å². The monoisotopic (exact) mass is 275 g/mol. The molecule has 0 aromatic carbocycles. The number of nitrogens with zero attached hydrogens (tertiary/aromatic N) is 5. The van der Waals surface area contributed by atoms with Crippen LogP contribution >= 0.6 is 0 Å². The maximum Gasteiger partial charge on any atom is 0.254 e. The quantitative estimate of drug-likeness (QED) is 0.850. The SMILES string of the molecule is CCOC1CCN(c2cc(CC)nc3ncnn23)CC1. The van der Waals surface area contributed by atoms with E-state index in [1.165, 1.54) is 0 Å². The first-order chi connectivity index (χ1) is 9.81. The van der Waals surface area contributed by atoms with Crippen LogP contribution < -0.4 is 4.90 Å². The van der Waals surface area contributed by atoms with E-state index in [0.717, 1.165) is 50.5 Å². The zero-order chi connectivity index (χ0) is 13.9. The summed E-state index contributed by atoms with van der Waals surface area (Å²) >= 11 is 0. The van der Waals surface area contributed by atoms with E-state index < -0.39 is 0 Å². The van der Waals surface area contributed by atoms with Gasteiger partial charge < -0.3 is 9.64 Å². The van der Waals surface area contributed by atoms with E-state index >= 15 is 0 Å². The van der Waals surface area contributed by atoms with Crippen molar-refractivity contribution in [3.63, 3.8) is 0 Å². The van der Waals surface area contributed by atoms with Crippen molar-refractivity contribution in [1.82, 2.24) is 19.6 Å². The topological polar surface area (TPSA) is 55.5 Å². The van der Waals surface area contributed by atoms with Gasteiger partial charge in [0.25, 0.3) is 5.78 Å². The summed E-state index contributed by atoms with van der Waals surface area (Å²) in [5.41, 5.74) is 1.06. The van der Waals surface area contributed by atoms with Crippen LogP contribution in [0.2, 0.25) is 0 Å². The summed E-state index contributed by atoms with van der Waals surface area (Å²) in [4.78, 5) is 11.1. The number of piperidine rings is 1. The summed E-state index contributed by atoms with van der Waals surface area (Å²) in [5.74, 6) is 1.78. The van der Waals surface area contributed by atoms with Gasteiger partial charge in [-0.15, -0.1) is 0 Å². The summed E-state index contributed by atoms with van der Waals surface area (Å²) < 4.78 is 7.54. The highest BCUT2D eigenvalue weighted by Crippen LogP contribution is 2.22. The summed E-state index contributed by atoms with van der Waals surface area (Å²) in [6.45, 7) is 6.95. The molecule has 0 amide bonds. The minimum absolute atomic E-state index is 0.398. The lowest BCUT2D eigenvalue weighted by Gasteiger charge is -2.33. The van der Waals surface area contributed by atoms with Crippen LogP contribution in [0.3, 0.4) is 0 Å². The predicted octanol–water partition coefficient (Wildman–Crippen LogP) is 1.69. The number of fused-ring (bicyclic) bond motifs is 1. The highest BCUT2D eigenvalue weighted by molar-refractivity contribution is 5.47. The third-order valence-corrected chi connectivity index (χ3v) is 3.82. The van der Waals surface area contributed by atoms with Gasteiger partial charge in [0.2, 0.25) is 0 Å². The molecule has 2 aromatic heterocycles. The van der Waals surface area contributed by atoms with E-state index in [1.807, 2.05) is 4.52 Å². The highest BCUT2D eigenvalue weighted by atomic mass is 16.5. The number of hydrogen-bond donors (Lipinski definition) is 0. The van der Waals surface area contributed by atoms with Gasteiger partial charge in [0.1, 0.15) is 12.1 Å². The molecule has 20 heavy (non-hydrogen) atoms. The maximum absolute atomic E-state index is 5.71. The Hall–Kier alpha value is -1.69. The maximum atomic E-state index is 5.71. The van der Waals surface area contributed by atoms with Crippen LogP contribution in [0.1, 0.15) is 32.4 Å². The molecule has 6 nitrogen and oxygen atoms in total. The number of hydrogen-bond acceptors (Lipinski definition) is 5. The predicted molar refractivity (Wildman–Crippen MR) is 77.0 cm³/mol. The molecule has 108 valence electrons. The molecular weight excluding hydrogens is 254 g/mol. The van der Waals surface area contributed by atoms with Crippen molar-refractivity contribution in [3.8, 4) is 0 Å². The summed E-state index contributed by atoms with van der Waals surface area (Å²) in [6.07, 6.45) is 5.00. The Kier molecular flexibility index (Phi) is 3.82. The third-order valence-electron chi connectivity index (χ3n) is 3.82. The molecule has 6 heteroatoms. The smallest absolute Gasteiger partial charge is 0.254 e.